The van der Waals surface area contributed by atoms with Crippen LogP contribution in [0, 0.1) is 10.1 Å². The van der Waals surface area contributed by atoms with Gasteiger partial charge in [-0.15, -0.1) is 0 Å². The van der Waals surface area contributed by atoms with E-state index >= 15 is 0 Å². The number of hydrogen-bond donors (Lipinski definition) is 1. The van der Waals surface area contributed by atoms with E-state index in [1.165, 1.54) is 18.3 Å². The predicted molar refractivity (Wildman–Crippen MR) is 127 cm³/mol. The van der Waals surface area contributed by atoms with Crippen LogP contribution in [-0.4, -0.2) is 26.6 Å². The quantitative estimate of drug-likeness (QED) is 0.245. The third-order valence-corrected chi connectivity index (χ3v) is 5.00. The van der Waals surface area contributed by atoms with E-state index < -0.39 is 4.92 Å². The van der Waals surface area contributed by atoms with Gasteiger partial charge in [-0.3, -0.25) is 14.9 Å². The third-order valence-electron chi connectivity index (χ3n) is 5.00. The number of amides is 1. The number of hydrogen-bond acceptors (Lipinski definition) is 5. The number of hydrazone groups is 1. The second-order valence-electron chi connectivity index (χ2n) is 7.26. The zero-order valence-electron chi connectivity index (χ0n) is 17.7. The first kappa shape index (κ1) is 21.6. The first-order chi connectivity index (χ1) is 16.1. The number of nitro groups is 1. The minimum atomic E-state index is -0.477. The molecule has 0 aliphatic rings. The number of rotatable bonds is 8. The summed E-state index contributed by atoms with van der Waals surface area (Å²) in [6, 6.07) is 25.9. The molecule has 8 heteroatoms. The fourth-order valence-electron chi connectivity index (χ4n) is 3.43. The zero-order chi connectivity index (χ0) is 23.0. The largest absolute Gasteiger partial charge is 0.330 e. The SMILES string of the molecule is O=C(CCn1cnc(-c2ccccc2)c1-c1ccccc1)N/N=C\c1cccc([N+](=O)[O-])c1. The molecule has 1 heterocycles. The van der Waals surface area contributed by atoms with E-state index in [-0.39, 0.29) is 18.0 Å². The molecule has 4 aromatic rings. The topological polar surface area (TPSA) is 102 Å². The lowest BCUT2D eigenvalue weighted by atomic mass is 10.0. The molecule has 1 N–H and O–H groups in total. The Morgan fingerprint density at radius 2 is 1.70 bits per heavy atom. The van der Waals surface area contributed by atoms with Crippen molar-refractivity contribution in [3.8, 4) is 22.5 Å². The van der Waals surface area contributed by atoms with Crippen LogP contribution in [0.2, 0.25) is 0 Å². The van der Waals surface area contributed by atoms with Crippen molar-refractivity contribution in [2.45, 2.75) is 13.0 Å². The van der Waals surface area contributed by atoms with Crippen molar-refractivity contribution in [1.29, 1.82) is 0 Å². The van der Waals surface area contributed by atoms with Crippen molar-refractivity contribution in [3.63, 3.8) is 0 Å². The summed E-state index contributed by atoms with van der Waals surface area (Å²) in [5.41, 5.74) is 6.77. The van der Waals surface area contributed by atoms with Crippen molar-refractivity contribution < 1.29 is 9.72 Å². The van der Waals surface area contributed by atoms with Crippen molar-refractivity contribution in [3.05, 3.63) is 107 Å². The van der Waals surface area contributed by atoms with Crippen LogP contribution in [0.25, 0.3) is 22.5 Å². The van der Waals surface area contributed by atoms with E-state index in [0.717, 1.165) is 22.5 Å². The summed E-state index contributed by atoms with van der Waals surface area (Å²) in [7, 11) is 0. The van der Waals surface area contributed by atoms with E-state index in [9.17, 15) is 14.9 Å². The molecule has 0 saturated carbocycles. The normalized spacial score (nSPS) is 10.9. The van der Waals surface area contributed by atoms with Crippen LogP contribution in [0.15, 0.2) is 96.4 Å². The van der Waals surface area contributed by atoms with Gasteiger partial charge < -0.3 is 4.57 Å². The molecule has 0 spiro atoms. The Morgan fingerprint density at radius 3 is 2.39 bits per heavy atom. The number of imidazole rings is 1. The molecule has 8 nitrogen and oxygen atoms in total. The van der Waals surface area contributed by atoms with Gasteiger partial charge in [-0.2, -0.15) is 5.10 Å². The zero-order valence-corrected chi connectivity index (χ0v) is 17.7. The maximum Gasteiger partial charge on any atom is 0.270 e. The molecule has 33 heavy (non-hydrogen) atoms. The number of non-ortho nitro benzene ring substituents is 1. The number of carbonyl (C=O) groups is 1. The molecule has 0 unspecified atom stereocenters. The minimum Gasteiger partial charge on any atom is -0.330 e. The predicted octanol–water partition coefficient (Wildman–Crippen LogP) is 4.67. The van der Waals surface area contributed by atoms with Gasteiger partial charge in [0.2, 0.25) is 5.91 Å². The van der Waals surface area contributed by atoms with Gasteiger partial charge in [-0.1, -0.05) is 72.8 Å². The summed E-state index contributed by atoms with van der Waals surface area (Å²) >= 11 is 0. The number of aryl methyl sites for hydroxylation is 1. The number of aromatic nitrogens is 2. The summed E-state index contributed by atoms with van der Waals surface area (Å²) < 4.78 is 1.96. The van der Waals surface area contributed by atoms with Crippen LogP contribution >= 0.6 is 0 Å². The fraction of sp³-hybridized carbons (Fsp3) is 0.0800. The average molecular weight is 439 g/mol. The van der Waals surface area contributed by atoms with Gasteiger partial charge in [0, 0.05) is 41.8 Å². The van der Waals surface area contributed by atoms with Crippen LogP contribution in [0.1, 0.15) is 12.0 Å². The Hall–Kier alpha value is -4.59. The van der Waals surface area contributed by atoms with Crippen LogP contribution in [0.4, 0.5) is 5.69 Å². The minimum absolute atomic E-state index is 0.0342. The second-order valence-corrected chi connectivity index (χ2v) is 7.26. The number of benzene rings is 3. The van der Waals surface area contributed by atoms with Crippen molar-refractivity contribution >= 4 is 17.8 Å². The molecule has 0 aliphatic carbocycles. The molecule has 4 rings (SSSR count). The lowest BCUT2D eigenvalue weighted by Gasteiger charge is -2.10. The summed E-state index contributed by atoms with van der Waals surface area (Å²) in [6.45, 7) is 0.419. The average Bonchev–Trinajstić information content (AvgIpc) is 3.28. The van der Waals surface area contributed by atoms with Gasteiger partial charge in [0.05, 0.1) is 28.9 Å². The molecule has 0 bridgehead atoms. The number of nitro benzene ring substituents is 1. The molecule has 0 radical (unpaired) electrons. The van der Waals surface area contributed by atoms with Gasteiger partial charge in [0.1, 0.15) is 0 Å². The molecule has 1 aromatic heterocycles. The Balaban J connectivity index is 1.46. The Bertz CT molecular complexity index is 1280. The fourth-order valence-corrected chi connectivity index (χ4v) is 3.43. The summed E-state index contributed by atoms with van der Waals surface area (Å²) in [5.74, 6) is -0.273. The Labute approximate surface area is 190 Å². The highest BCUT2D eigenvalue weighted by Crippen LogP contribution is 2.31. The van der Waals surface area contributed by atoms with E-state index in [0.29, 0.717) is 12.1 Å². The first-order valence-corrected chi connectivity index (χ1v) is 10.3. The molecular weight excluding hydrogens is 418 g/mol. The summed E-state index contributed by atoms with van der Waals surface area (Å²) in [5, 5.41) is 14.8. The highest BCUT2D eigenvalue weighted by molar-refractivity contribution is 5.83. The standard InChI is InChI=1S/C25H21N5O3/c31-23(28-27-17-19-8-7-13-22(16-19)30(32)33)14-15-29-18-26-24(20-9-3-1-4-10-20)25(29)21-11-5-2-6-12-21/h1-13,16-18H,14-15H2,(H,28,31)/b27-17-. The maximum absolute atomic E-state index is 12.3. The van der Waals surface area contributed by atoms with Gasteiger partial charge >= 0.3 is 0 Å². The molecule has 3 aromatic carbocycles. The Kier molecular flexibility index (Phi) is 6.65. The van der Waals surface area contributed by atoms with Crippen molar-refractivity contribution in [2.75, 3.05) is 0 Å². The van der Waals surface area contributed by atoms with E-state index in [1.807, 2.05) is 65.2 Å². The van der Waals surface area contributed by atoms with Gasteiger partial charge in [0.15, 0.2) is 0 Å². The lowest BCUT2D eigenvalue weighted by Crippen LogP contribution is -2.19. The molecule has 0 atom stereocenters. The first-order valence-electron chi connectivity index (χ1n) is 10.3. The van der Waals surface area contributed by atoms with Gasteiger partial charge in [-0.05, 0) is 0 Å². The van der Waals surface area contributed by atoms with E-state index in [2.05, 4.69) is 15.5 Å². The van der Waals surface area contributed by atoms with Gasteiger partial charge in [-0.25, -0.2) is 10.4 Å². The molecular formula is C25H21N5O3. The van der Waals surface area contributed by atoms with Gasteiger partial charge in [0.25, 0.3) is 5.69 Å². The molecule has 164 valence electrons. The van der Waals surface area contributed by atoms with E-state index in [4.69, 9.17) is 0 Å². The highest BCUT2D eigenvalue weighted by Gasteiger charge is 2.15. The third kappa shape index (κ3) is 5.37. The van der Waals surface area contributed by atoms with Crippen molar-refractivity contribution in [1.82, 2.24) is 15.0 Å². The highest BCUT2D eigenvalue weighted by atomic mass is 16.6. The van der Waals surface area contributed by atoms with Crippen LogP contribution in [0.3, 0.4) is 0 Å². The maximum atomic E-state index is 12.3. The molecule has 0 fully saturated rings. The number of nitrogens with one attached hydrogen (secondary N) is 1. The lowest BCUT2D eigenvalue weighted by molar-refractivity contribution is -0.384. The summed E-state index contributed by atoms with van der Waals surface area (Å²) in [6.07, 6.45) is 3.31. The summed E-state index contributed by atoms with van der Waals surface area (Å²) in [4.78, 5) is 27.3. The molecule has 0 saturated heterocycles. The van der Waals surface area contributed by atoms with E-state index in [1.54, 1.807) is 18.5 Å². The number of carbonyl (C=O) groups excluding carboxylic acids is 1. The van der Waals surface area contributed by atoms with Crippen molar-refractivity contribution in [2.24, 2.45) is 5.10 Å². The van der Waals surface area contributed by atoms with Crippen LogP contribution in [-0.2, 0) is 11.3 Å². The Morgan fingerprint density at radius 1 is 1.00 bits per heavy atom. The smallest absolute Gasteiger partial charge is 0.270 e. The van der Waals surface area contributed by atoms with Crippen LogP contribution in [0.5, 0.6) is 0 Å². The second kappa shape index (κ2) is 10.1. The number of nitrogens with zero attached hydrogens (tertiary/aromatic N) is 4. The molecule has 1 amide bonds. The van der Waals surface area contributed by atoms with Crippen LogP contribution < -0.4 is 5.43 Å². The monoisotopic (exact) mass is 439 g/mol. The molecule has 0 aliphatic heterocycles.